The van der Waals surface area contributed by atoms with Crippen molar-refractivity contribution in [2.24, 2.45) is 5.41 Å². The summed E-state index contributed by atoms with van der Waals surface area (Å²) in [6.45, 7) is 5.78. The molecule has 1 fully saturated rings. The van der Waals surface area contributed by atoms with Crippen molar-refractivity contribution in [3.05, 3.63) is 29.8 Å². The summed E-state index contributed by atoms with van der Waals surface area (Å²) in [5, 5.41) is 12.3. The molecule has 2 rings (SSSR count). The molecule has 1 aliphatic carbocycles. The lowest BCUT2D eigenvalue weighted by molar-refractivity contribution is 0.264. The molecular formula is C16H22N2O. The molecule has 0 spiro atoms. The van der Waals surface area contributed by atoms with Crippen LogP contribution in [0.5, 0.6) is 5.75 Å². The second-order valence-electron chi connectivity index (χ2n) is 5.74. The van der Waals surface area contributed by atoms with Gasteiger partial charge in [-0.15, -0.1) is 0 Å². The van der Waals surface area contributed by atoms with E-state index in [-0.39, 0.29) is 5.41 Å². The molecule has 1 unspecified atom stereocenters. The summed E-state index contributed by atoms with van der Waals surface area (Å²) in [5.74, 6) is 0.914. The average molecular weight is 258 g/mol. The van der Waals surface area contributed by atoms with E-state index in [1.165, 1.54) is 18.4 Å². The fourth-order valence-electron chi connectivity index (χ4n) is 2.07. The molecule has 19 heavy (non-hydrogen) atoms. The molecule has 3 nitrogen and oxygen atoms in total. The van der Waals surface area contributed by atoms with Crippen molar-refractivity contribution in [2.45, 2.75) is 39.2 Å². The summed E-state index contributed by atoms with van der Waals surface area (Å²) in [4.78, 5) is 0. The Labute approximate surface area is 115 Å². The zero-order chi connectivity index (χ0) is 13.7. The van der Waals surface area contributed by atoms with Crippen LogP contribution in [-0.4, -0.2) is 19.2 Å². The molecule has 1 aromatic rings. The van der Waals surface area contributed by atoms with E-state index in [0.29, 0.717) is 19.1 Å². The van der Waals surface area contributed by atoms with Crippen molar-refractivity contribution in [3.63, 3.8) is 0 Å². The van der Waals surface area contributed by atoms with E-state index in [9.17, 15) is 0 Å². The van der Waals surface area contributed by atoms with E-state index in [1.807, 2.05) is 12.1 Å². The predicted molar refractivity (Wildman–Crippen MR) is 76.0 cm³/mol. The molecule has 1 N–H and O–H groups in total. The van der Waals surface area contributed by atoms with Gasteiger partial charge in [-0.05, 0) is 44.2 Å². The van der Waals surface area contributed by atoms with Crippen LogP contribution in [0.4, 0.5) is 0 Å². The number of nitrogens with one attached hydrogen (secondary N) is 1. The van der Waals surface area contributed by atoms with Gasteiger partial charge in [-0.3, -0.25) is 0 Å². The van der Waals surface area contributed by atoms with Crippen molar-refractivity contribution in [1.82, 2.24) is 5.32 Å². The quantitative estimate of drug-likeness (QED) is 0.817. The van der Waals surface area contributed by atoms with Crippen LogP contribution in [0.15, 0.2) is 24.3 Å². The molecule has 0 radical (unpaired) electrons. The fourth-order valence-corrected chi connectivity index (χ4v) is 2.07. The van der Waals surface area contributed by atoms with Crippen LogP contribution in [0.1, 0.15) is 31.7 Å². The van der Waals surface area contributed by atoms with Crippen molar-refractivity contribution < 1.29 is 4.74 Å². The highest BCUT2D eigenvalue weighted by Crippen LogP contribution is 2.47. The third-order valence-electron chi connectivity index (χ3n) is 3.76. The Bertz CT molecular complexity index is 443. The van der Waals surface area contributed by atoms with Gasteiger partial charge in [-0.2, -0.15) is 5.26 Å². The maximum Gasteiger partial charge on any atom is 0.119 e. The third-order valence-corrected chi connectivity index (χ3v) is 3.76. The van der Waals surface area contributed by atoms with Gasteiger partial charge in [-0.1, -0.05) is 17.7 Å². The van der Waals surface area contributed by atoms with Crippen LogP contribution in [0, 0.1) is 23.7 Å². The Balaban J connectivity index is 1.69. The minimum atomic E-state index is 0.257. The van der Waals surface area contributed by atoms with Crippen LogP contribution in [0.2, 0.25) is 0 Å². The minimum absolute atomic E-state index is 0.257. The number of rotatable bonds is 7. The highest BCUT2D eigenvalue weighted by molar-refractivity contribution is 5.26. The van der Waals surface area contributed by atoms with Gasteiger partial charge in [0.25, 0.3) is 0 Å². The van der Waals surface area contributed by atoms with E-state index in [2.05, 4.69) is 37.4 Å². The van der Waals surface area contributed by atoms with Crippen LogP contribution < -0.4 is 10.1 Å². The first-order chi connectivity index (χ1) is 9.13. The summed E-state index contributed by atoms with van der Waals surface area (Å²) in [5.41, 5.74) is 1.50. The van der Waals surface area contributed by atoms with Crippen LogP contribution in [0.25, 0.3) is 0 Å². The first-order valence-electron chi connectivity index (χ1n) is 6.93. The third kappa shape index (κ3) is 4.25. The zero-order valence-corrected chi connectivity index (χ0v) is 11.8. The van der Waals surface area contributed by atoms with Crippen LogP contribution in [-0.2, 0) is 0 Å². The molecule has 0 aliphatic heterocycles. The van der Waals surface area contributed by atoms with Gasteiger partial charge in [0.1, 0.15) is 12.4 Å². The van der Waals surface area contributed by atoms with E-state index < -0.39 is 0 Å². The lowest BCUT2D eigenvalue weighted by atomic mass is 10.0. The zero-order valence-electron chi connectivity index (χ0n) is 11.8. The van der Waals surface area contributed by atoms with E-state index in [0.717, 1.165) is 12.3 Å². The molecule has 0 saturated heterocycles. The lowest BCUT2D eigenvalue weighted by Crippen LogP contribution is -2.36. The van der Waals surface area contributed by atoms with Gasteiger partial charge in [-0.25, -0.2) is 0 Å². The lowest BCUT2D eigenvalue weighted by Gasteiger charge is -2.18. The summed E-state index contributed by atoms with van der Waals surface area (Å²) < 4.78 is 5.74. The standard InChI is InChI=1S/C16H22N2O/c1-13-3-5-15(6-4-13)19-11-14(2)18-12-16(7-8-16)9-10-17/h3-6,14,18H,7-9,11-12H2,1-2H3. The van der Waals surface area contributed by atoms with Gasteiger partial charge >= 0.3 is 0 Å². The summed E-state index contributed by atoms with van der Waals surface area (Å²) in [6.07, 6.45) is 3.03. The highest BCUT2D eigenvalue weighted by Gasteiger charge is 2.42. The molecule has 102 valence electrons. The van der Waals surface area contributed by atoms with Crippen molar-refractivity contribution in [1.29, 1.82) is 5.26 Å². The van der Waals surface area contributed by atoms with E-state index >= 15 is 0 Å². The monoisotopic (exact) mass is 258 g/mol. The minimum Gasteiger partial charge on any atom is -0.492 e. The van der Waals surface area contributed by atoms with E-state index in [4.69, 9.17) is 10.00 Å². The van der Waals surface area contributed by atoms with Gasteiger partial charge < -0.3 is 10.1 Å². The number of hydrogen-bond acceptors (Lipinski definition) is 3. The Morgan fingerprint density at radius 3 is 2.63 bits per heavy atom. The fraction of sp³-hybridized carbons (Fsp3) is 0.562. The topological polar surface area (TPSA) is 45.0 Å². The molecule has 0 heterocycles. The van der Waals surface area contributed by atoms with Gasteiger partial charge in [0.2, 0.25) is 0 Å². The number of hydrogen-bond donors (Lipinski definition) is 1. The Morgan fingerprint density at radius 2 is 2.05 bits per heavy atom. The first-order valence-corrected chi connectivity index (χ1v) is 6.93. The van der Waals surface area contributed by atoms with Crippen molar-refractivity contribution in [3.8, 4) is 11.8 Å². The molecule has 0 aromatic heterocycles. The number of aryl methyl sites for hydroxylation is 1. The summed E-state index contributed by atoms with van der Waals surface area (Å²) in [6, 6.07) is 10.7. The smallest absolute Gasteiger partial charge is 0.119 e. The molecule has 1 saturated carbocycles. The van der Waals surface area contributed by atoms with Gasteiger partial charge in [0.15, 0.2) is 0 Å². The molecule has 0 bridgehead atoms. The summed E-state index contributed by atoms with van der Waals surface area (Å²) >= 11 is 0. The Hall–Kier alpha value is -1.53. The predicted octanol–water partition coefficient (Wildman–Crippen LogP) is 3.05. The number of ether oxygens (including phenoxy) is 1. The summed E-state index contributed by atoms with van der Waals surface area (Å²) in [7, 11) is 0. The Morgan fingerprint density at radius 1 is 1.37 bits per heavy atom. The molecule has 1 aliphatic rings. The van der Waals surface area contributed by atoms with Crippen LogP contribution >= 0.6 is 0 Å². The maximum absolute atomic E-state index is 8.78. The maximum atomic E-state index is 8.78. The molecule has 1 aromatic carbocycles. The van der Waals surface area contributed by atoms with Crippen molar-refractivity contribution >= 4 is 0 Å². The molecular weight excluding hydrogens is 236 g/mol. The highest BCUT2D eigenvalue weighted by atomic mass is 16.5. The second kappa shape index (κ2) is 6.08. The van der Waals surface area contributed by atoms with Crippen LogP contribution in [0.3, 0.4) is 0 Å². The molecule has 0 amide bonds. The van der Waals surface area contributed by atoms with Crippen molar-refractivity contribution in [2.75, 3.05) is 13.2 Å². The van der Waals surface area contributed by atoms with Gasteiger partial charge in [0.05, 0.1) is 6.07 Å². The van der Waals surface area contributed by atoms with Gasteiger partial charge in [0, 0.05) is 19.0 Å². The second-order valence-corrected chi connectivity index (χ2v) is 5.74. The molecule has 1 atom stereocenters. The number of benzene rings is 1. The largest absolute Gasteiger partial charge is 0.492 e. The number of nitriles is 1. The average Bonchev–Trinajstić information content (AvgIpc) is 3.17. The van der Waals surface area contributed by atoms with E-state index in [1.54, 1.807) is 0 Å². The number of nitrogens with zero attached hydrogens (tertiary/aromatic N) is 1. The Kier molecular flexibility index (Phi) is 4.44. The first kappa shape index (κ1) is 13.9. The molecule has 3 heteroatoms. The SMILES string of the molecule is Cc1ccc(OCC(C)NCC2(CC#N)CC2)cc1. The normalized spacial score (nSPS) is 17.5.